The van der Waals surface area contributed by atoms with Crippen LogP contribution in [-0.4, -0.2) is 23.4 Å². The number of amides is 1. The zero-order valence-electron chi connectivity index (χ0n) is 12.4. The molecule has 5 heteroatoms. The minimum atomic E-state index is -0.897. The van der Waals surface area contributed by atoms with Crippen LogP contribution in [0.25, 0.3) is 0 Å². The number of carbonyl (C=O) groups is 1. The van der Waals surface area contributed by atoms with Crippen molar-refractivity contribution in [2.75, 3.05) is 13.2 Å². The Morgan fingerprint density at radius 1 is 1.29 bits per heavy atom. The average molecular weight is 330 g/mol. The number of carbonyl (C=O) groups excluding carboxylic acids is 1. The number of unbranched alkanes of at least 4 members (excludes halogenated alkanes) is 1. The number of ether oxygens (including phenoxy) is 1. The highest BCUT2D eigenvalue weighted by molar-refractivity contribution is 6.53. The molecular formula is C16H21Cl2NO2. The fraction of sp³-hybridized carbons (Fsp3) is 0.562. The van der Waals surface area contributed by atoms with E-state index in [0.29, 0.717) is 19.6 Å². The van der Waals surface area contributed by atoms with Gasteiger partial charge in [0.15, 0.2) is 0 Å². The third kappa shape index (κ3) is 4.04. The van der Waals surface area contributed by atoms with E-state index in [1.54, 1.807) is 6.92 Å². The Hall–Kier alpha value is -0.930. The van der Waals surface area contributed by atoms with Crippen LogP contribution in [-0.2, 0) is 4.79 Å². The summed E-state index contributed by atoms with van der Waals surface area (Å²) in [5.74, 6) is 0.816. The molecule has 1 N–H and O–H groups in total. The van der Waals surface area contributed by atoms with Crippen molar-refractivity contribution >= 4 is 29.1 Å². The van der Waals surface area contributed by atoms with Crippen LogP contribution in [0.2, 0.25) is 0 Å². The quantitative estimate of drug-likeness (QED) is 0.609. The fourth-order valence-corrected chi connectivity index (χ4v) is 2.80. The lowest BCUT2D eigenvalue weighted by atomic mass is 10.1. The first-order chi connectivity index (χ1) is 9.85. The van der Waals surface area contributed by atoms with Gasteiger partial charge in [0.1, 0.15) is 10.1 Å². The summed E-state index contributed by atoms with van der Waals surface area (Å²) in [7, 11) is 0. The first kappa shape index (κ1) is 16.4. The summed E-state index contributed by atoms with van der Waals surface area (Å²) in [6.45, 7) is 5.10. The van der Waals surface area contributed by atoms with Gasteiger partial charge >= 0.3 is 0 Å². The zero-order chi connectivity index (χ0) is 15.5. The van der Waals surface area contributed by atoms with Gasteiger partial charge in [-0.25, -0.2) is 0 Å². The highest BCUT2D eigenvalue weighted by Crippen LogP contribution is 2.63. The van der Waals surface area contributed by atoms with E-state index in [4.69, 9.17) is 27.9 Å². The summed E-state index contributed by atoms with van der Waals surface area (Å²) in [6.07, 6.45) is 2.27. The van der Waals surface area contributed by atoms with Crippen LogP contribution in [0.5, 0.6) is 5.75 Å². The molecule has 0 saturated heterocycles. The summed E-state index contributed by atoms with van der Waals surface area (Å²) < 4.78 is 4.73. The van der Waals surface area contributed by atoms with Crippen LogP contribution < -0.4 is 10.1 Å². The lowest BCUT2D eigenvalue weighted by Gasteiger charge is -2.12. The number of hydrogen-bond acceptors (Lipinski definition) is 2. The molecule has 0 bridgehead atoms. The molecule has 21 heavy (non-hydrogen) atoms. The smallest absolute Gasteiger partial charge is 0.229 e. The van der Waals surface area contributed by atoms with Gasteiger partial charge in [0.05, 0.1) is 12.0 Å². The van der Waals surface area contributed by atoms with Gasteiger partial charge in [-0.1, -0.05) is 17.7 Å². The molecule has 116 valence electrons. The van der Waals surface area contributed by atoms with E-state index < -0.39 is 9.75 Å². The molecule has 0 spiro atoms. The highest BCUT2D eigenvalue weighted by Gasteiger charge is 2.67. The van der Waals surface area contributed by atoms with E-state index in [0.717, 1.165) is 18.6 Å². The molecule has 0 heterocycles. The predicted molar refractivity (Wildman–Crippen MR) is 86.1 cm³/mol. The van der Waals surface area contributed by atoms with Gasteiger partial charge in [-0.3, -0.25) is 4.79 Å². The summed E-state index contributed by atoms with van der Waals surface area (Å²) in [5, 5.41) is 2.88. The lowest BCUT2D eigenvalue weighted by molar-refractivity contribution is -0.125. The molecule has 2 rings (SSSR count). The van der Waals surface area contributed by atoms with E-state index in [2.05, 4.69) is 5.32 Å². The number of nitrogens with one attached hydrogen (secondary N) is 1. The van der Waals surface area contributed by atoms with Crippen LogP contribution in [0, 0.1) is 12.3 Å². The number of halogens is 2. The molecule has 1 fully saturated rings. The summed E-state index contributed by atoms with van der Waals surface area (Å²) in [5.41, 5.74) is 0.586. The summed E-state index contributed by atoms with van der Waals surface area (Å²) >= 11 is 11.9. The Kier molecular flexibility index (Phi) is 5.05. The van der Waals surface area contributed by atoms with E-state index >= 15 is 0 Å². The van der Waals surface area contributed by atoms with Gasteiger partial charge in [0.2, 0.25) is 5.91 Å². The molecule has 1 aromatic carbocycles. The van der Waals surface area contributed by atoms with E-state index in [-0.39, 0.29) is 5.91 Å². The molecule has 1 aromatic rings. The third-order valence-corrected chi connectivity index (χ3v) is 5.01. The predicted octanol–water partition coefficient (Wildman–Crippen LogP) is 3.85. The summed E-state index contributed by atoms with van der Waals surface area (Å²) in [6, 6.07) is 7.98. The second-order valence-electron chi connectivity index (χ2n) is 5.84. The van der Waals surface area contributed by atoms with Crippen molar-refractivity contribution in [3.05, 3.63) is 29.8 Å². The third-order valence-electron chi connectivity index (χ3n) is 3.91. The molecule has 1 amide bonds. The molecule has 1 aliphatic rings. The molecule has 1 saturated carbocycles. The molecule has 1 atom stereocenters. The number of alkyl halides is 2. The Bertz CT molecular complexity index is 502. The van der Waals surface area contributed by atoms with Gasteiger partial charge in [-0.15, -0.1) is 23.2 Å². The monoisotopic (exact) mass is 329 g/mol. The van der Waals surface area contributed by atoms with Gasteiger partial charge in [0, 0.05) is 6.54 Å². The molecular weight excluding hydrogens is 309 g/mol. The average Bonchev–Trinajstić information content (AvgIpc) is 2.96. The lowest BCUT2D eigenvalue weighted by Crippen LogP contribution is -2.34. The SMILES string of the molecule is Cc1ccc(OCCCCNC(=O)C2(C)CC2(Cl)Cl)cc1. The van der Waals surface area contributed by atoms with E-state index in [9.17, 15) is 4.79 Å². The zero-order valence-corrected chi connectivity index (χ0v) is 13.9. The normalized spacial score (nSPS) is 22.7. The highest BCUT2D eigenvalue weighted by atomic mass is 35.5. The maximum Gasteiger partial charge on any atom is 0.229 e. The minimum absolute atomic E-state index is 0.0630. The molecule has 1 unspecified atom stereocenters. The van der Waals surface area contributed by atoms with Gasteiger partial charge in [-0.2, -0.15) is 0 Å². The second-order valence-corrected chi connectivity index (χ2v) is 7.32. The Morgan fingerprint density at radius 3 is 2.48 bits per heavy atom. The van der Waals surface area contributed by atoms with Crippen molar-refractivity contribution in [2.45, 2.75) is 37.4 Å². The van der Waals surface area contributed by atoms with Gasteiger partial charge in [-0.05, 0) is 45.2 Å². The van der Waals surface area contributed by atoms with Crippen molar-refractivity contribution in [3.63, 3.8) is 0 Å². The van der Waals surface area contributed by atoms with Crippen molar-refractivity contribution < 1.29 is 9.53 Å². The maximum absolute atomic E-state index is 11.9. The first-order valence-corrected chi connectivity index (χ1v) is 7.96. The molecule has 0 aliphatic heterocycles. The Morgan fingerprint density at radius 2 is 1.90 bits per heavy atom. The Balaban J connectivity index is 1.57. The van der Waals surface area contributed by atoms with E-state index in [1.165, 1.54) is 5.56 Å². The molecule has 0 radical (unpaired) electrons. The number of hydrogen-bond donors (Lipinski definition) is 1. The Labute approximate surface area is 136 Å². The topological polar surface area (TPSA) is 38.3 Å². The first-order valence-electron chi connectivity index (χ1n) is 7.21. The van der Waals surface area contributed by atoms with Crippen LogP contribution in [0.3, 0.4) is 0 Å². The van der Waals surface area contributed by atoms with Gasteiger partial charge in [0.25, 0.3) is 0 Å². The van der Waals surface area contributed by atoms with Crippen molar-refractivity contribution in [3.8, 4) is 5.75 Å². The molecule has 0 aromatic heterocycles. The molecule has 3 nitrogen and oxygen atoms in total. The number of aryl methyl sites for hydroxylation is 1. The fourth-order valence-electron chi connectivity index (χ4n) is 2.09. The van der Waals surface area contributed by atoms with Gasteiger partial charge < -0.3 is 10.1 Å². The molecule has 1 aliphatic carbocycles. The van der Waals surface area contributed by atoms with Crippen LogP contribution in [0.4, 0.5) is 0 Å². The minimum Gasteiger partial charge on any atom is -0.494 e. The van der Waals surface area contributed by atoms with Crippen molar-refractivity contribution in [2.24, 2.45) is 5.41 Å². The maximum atomic E-state index is 11.9. The number of benzene rings is 1. The van der Waals surface area contributed by atoms with Crippen LogP contribution in [0.15, 0.2) is 24.3 Å². The standard InChI is InChI=1S/C16H21Cl2NO2/c1-12-5-7-13(8-6-12)21-10-4-3-9-19-14(20)15(2)11-16(15,17)18/h5-8H,3-4,9-11H2,1-2H3,(H,19,20). The number of rotatable bonds is 7. The van der Waals surface area contributed by atoms with Crippen LogP contribution >= 0.6 is 23.2 Å². The van der Waals surface area contributed by atoms with Crippen LogP contribution in [0.1, 0.15) is 31.7 Å². The largest absolute Gasteiger partial charge is 0.494 e. The van der Waals surface area contributed by atoms with Crippen molar-refractivity contribution in [1.82, 2.24) is 5.32 Å². The second kappa shape index (κ2) is 6.45. The van der Waals surface area contributed by atoms with E-state index in [1.807, 2.05) is 31.2 Å². The summed E-state index contributed by atoms with van der Waals surface area (Å²) in [4.78, 5) is 11.9. The van der Waals surface area contributed by atoms with Crippen molar-refractivity contribution in [1.29, 1.82) is 0 Å².